The minimum Gasteiger partial charge on any atom is -0.490 e. The standard InChI is InChI=1S/C25H24F2N2O4/c1-3-32-22-15-18(13-14-21(22)33-25(26)27)23(30)29-20-12-8-7-11-19(20)24(31)28-16(2)17-9-5-4-6-10-17/h4-16,25H,3H2,1-2H3,(H,28,31)(H,29,30). The number of halogens is 2. The number of carbonyl (C=O) groups excluding carboxylic acids is 2. The van der Waals surface area contributed by atoms with Gasteiger partial charge in [0.05, 0.1) is 23.9 Å². The van der Waals surface area contributed by atoms with E-state index < -0.39 is 12.5 Å². The lowest BCUT2D eigenvalue weighted by molar-refractivity contribution is -0.0514. The Kier molecular flexibility index (Phi) is 7.96. The highest BCUT2D eigenvalue weighted by atomic mass is 19.3. The van der Waals surface area contributed by atoms with E-state index in [4.69, 9.17) is 4.74 Å². The molecule has 0 aromatic heterocycles. The Morgan fingerprint density at radius 1 is 0.909 bits per heavy atom. The summed E-state index contributed by atoms with van der Waals surface area (Å²) < 4.78 is 35.0. The molecule has 2 amide bonds. The second-order valence-electron chi connectivity index (χ2n) is 7.08. The molecule has 3 rings (SSSR count). The molecule has 1 unspecified atom stereocenters. The lowest BCUT2D eigenvalue weighted by Gasteiger charge is -2.17. The maximum atomic E-state index is 12.9. The molecule has 0 bridgehead atoms. The van der Waals surface area contributed by atoms with Crippen LogP contribution in [0.25, 0.3) is 0 Å². The molecule has 0 aliphatic heterocycles. The van der Waals surface area contributed by atoms with Gasteiger partial charge in [0, 0.05) is 5.56 Å². The van der Waals surface area contributed by atoms with E-state index in [0.717, 1.165) is 5.56 Å². The molecule has 0 spiro atoms. The Morgan fingerprint density at radius 3 is 2.30 bits per heavy atom. The van der Waals surface area contributed by atoms with Gasteiger partial charge in [-0.2, -0.15) is 8.78 Å². The monoisotopic (exact) mass is 454 g/mol. The highest BCUT2D eigenvalue weighted by Gasteiger charge is 2.18. The highest BCUT2D eigenvalue weighted by molar-refractivity contribution is 6.09. The second kappa shape index (κ2) is 11.1. The van der Waals surface area contributed by atoms with E-state index in [0.29, 0.717) is 5.69 Å². The average Bonchev–Trinajstić information content (AvgIpc) is 2.81. The molecule has 0 aliphatic rings. The van der Waals surface area contributed by atoms with Crippen LogP contribution < -0.4 is 20.1 Å². The zero-order valence-corrected chi connectivity index (χ0v) is 18.2. The predicted molar refractivity (Wildman–Crippen MR) is 121 cm³/mol. The van der Waals surface area contributed by atoms with Crippen LogP contribution >= 0.6 is 0 Å². The van der Waals surface area contributed by atoms with Crippen molar-refractivity contribution in [1.82, 2.24) is 5.32 Å². The highest BCUT2D eigenvalue weighted by Crippen LogP contribution is 2.30. The summed E-state index contributed by atoms with van der Waals surface area (Å²) >= 11 is 0. The van der Waals surface area contributed by atoms with Crippen LogP contribution in [0.1, 0.15) is 46.2 Å². The van der Waals surface area contributed by atoms with Crippen LogP contribution in [0.4, 0.5) is 14.5 Å². The Morgan fingerprint density at radius 2 is 1.61 bits per heavy atom. The minimum atomic E-state index is -3.02. The van der Waals surface area contributed by atoms with Gasteiger partial charge >= 0.3 is 6.61 Å². The fourth-order valence-electron chi connectivity index (χ4n) is 3.19. The Balaban J connectivity index is 1.78. The number of amides is 2. The van der Waals surface area contributed by atoms with Crippen molar-refractivity contribution in [2.75, 3.05) is 11.9 Å². The number of rotatable bonds is 9. The summed E-state index contributed by atoms with van der Waals surface area (Å²) in [5.41, 5.74) is 1.71. The van der Waals surface area contributed by atoms with Crippen molar-refractivity contribution in [3.63, 3.8) is 0 Å². The van der Waals surface area contributed by atoms with Crippen LogP contribution in [0.5, 0.6) is 11.5 Å². The first-order valence-corrected chi connectivity index (χ1v) is 10.4. The molecule has 0 aliphatic carbocycles. The summed E-state index contributed by atoms with van der Waals surface area (Å²) in [5.74, 6) is -1.03. The van der Waals surface area contributed by atoms with Crippen molar-refractivity contribution in [2.24, 2.45) is 0 Å². The maximum Gasteiger partial charge on any atom is 0.387 e. The van der Waals surface area contributed by atoms with E-state index in [1.807, 2.05) is 37.3 Å². The zero-order valence-electron chi connectivity index (χ0n) is 18.2. The lowest BCUT2D eigenvalue weighted by atomic mass is 10.1. The normalized spacial score (nSPS) is 11.5. The summed E-state index contributed by atoms with van der Waals surface area (Å²) in [6.07, 6.45) is 0. The summed E-state index contributed by atoms with van der Waals surface area (Å²) in [7, 11) is 0. The number of anilines is 1. The molecular formula is C25H24F2N2O4. The topological polar surface area (TPSA) is 76.7 Å². The second-order valence-corrected chi connectivity index (χ2v) is 7.08. The summed E-state index contributed by atoms with van der Waals surface area (Å²) in [6.45, 7) is 0.733. The van der Waals surface area contributed by atoms with Gasteiger partial charge in [0.25, 0.3) is 11.8 Å². The van der Waals surface area contributed by atoms with E-state index >= 15 is 0 Å². The van der Waals surface area contributed by atoms with Crippen molar-refractivity contribution in [1.29, 1.82) is 0 Å². The molecule has 3 aromatic carbocycles. The van der Waals surface area contributed by atoms with E-state index in [1.54, 1.807) is 31.2 Å². The van der Waals surface area contributed by atoms with Crippen LogP contribution in [0.15, 0.2) is 72.8 Å². The van der Waals surface area contributed by atoms with Crippen LogP contribution in [0.2, 0.25) is 0 Å². The van der Waals surface area contributed by atoms with E-state index in [2.05, 4.69) is 15.4 Å². The van der Waals surface area contributed by atoms with Crippen LogP contribution in [-0.4, -0.2) is 25.0 Å². The predicted octanol–water partition coefficient (Wildman–Crippen LogP) is 5.43. The van der Waals surface area contributed by atoms with Gasteiger partial charge < -0.3 is 20.1 Å². The molecule has 33 heavy (non-hydrogen) atoms. The number of carbonyl (C=O) groups is 2. The number of hydrogen-bond donors (Lipinski definition) is 2. The summed E-state index contributed by atoms with van der Waals surface area (Å²) in [5, 5.41) is 5.63. The molecule has 6 nitrogen and oxygen atoms in total. The molecule has 8 heteroatoms. The van der Waals surface area contributed by atoms with Crippen molar-refractivity contribution in [3.05, 3.63) is 89.5 Å². The molecule has 0 saturated carbocycles. The molecule has 1 atom stereocenters. The van der Waals surface area contributed by atoms with Gasteiger partial charge in [-0.3, -0.25) is 9.59 Å². The van der Waals surface area contributed by atoms with E-state index in [1.165, 1.54) is 18.2 Å². The molecular weight excluding hydrogens is 430 g/mol. The molecule has 2 N–H and O–H groups in total. The molecule has 3 aromatic rings. The van der Waals surface area contributed by atoms with Gasteiger partial charge in [-0.15, -0.1) is 0 Å². The number of nitrogens with one attached hydrogen (secondary N) is 2. The van der Waals surface area contributed by atoms with Crippen molar-refractivity contribution < 1.29 is 27.8 Å². The smallest absolute Gasteiger partial charge is 0.387 e. The summed E-state index contributed by atoms with van der Waals surface area (Å²) in [4.78, 5) is 25.7. The largest absolute Gasteiger partial charge is 0.490 e. The first kappa shape index (κ1) is 23.7. The molecule has 0 fully saturated rings. The van der Waals surface area contributed by atoms with Gasteiger partial charge in [0.1, 0.15) is 0 Å². The van der Waals surface area contributed by atoms with Gasteiger partial charge in [-0.25, -0.2) is 0 Å². The molecule has 0 radical (unpaired) electrons. The Labute approximate surface area is 190 Å². The number of hydrogen-bond acceptors (Lipinski definition) is 4. The van der Waals surface area contributed by atoms with Gasteiger partial charge in [-0.05, 0) is 49.7 Å². The third kappa shape index (κ3) is 6.29. The number of ether oxygens (including phenoxy) is 2. The molecule has 0 saturated heterocycles. The Bertz CT molecular complexity index is 1110. The molecule has 0 heterocycles. The fraction of sp³-hybridized carbons (Fsp3) is 0.200. The van der Waals surface area contributed by atoms with Crippen molar-refractivity contribution >= 4 is 17.5 Å². The van der Waals surface area contributed by atoms with Crippen molar-refractivity contribution in [2.45, 2.75) is 26.5 Å². The first-order chi connectivity index (χ1) is 15.9. The van der Waals surface area contributed by atoms with Crippen LogP contribution in [-0.2, 0) is 0 Å². The zero-order chi connectivity index (χ0) is 23.8. The number of benzene rings is 3. The number of alkyl halides is 2. The molecule has 172 valence electrons. The third-order valence-electron chi connectivity index (χ3n) is 4.79. The van der Waals surface area contributed by atoms with Crippen LogP contribution in [0, 0.1) is 0 Å². The fourth-order valence-corrected chi connectivity index (χ4v) is 3.19. The van der Waals surface area contributed by atoms with E-state index in [9.17, 15) is 18.4 Å². The minimum absolute atomic E-state index is 0.0214. The van der Waals surface area contributed by atoms with E-state index in [-0.39, 0.29) is 41.2 Å². The summed E-state index contributed by atoms with van der Waals surface area (Å²) in [6, 6.07) is 19.8. The van der Waals surface area contributed by atoms with Gasteiger partial charge in [-0.1, -0.05) is 42.5 Å². The maximum absolute atomic E-state index is 12.9. The quantitative estimate of drug-likeness (QED) is 0.452. The number of para-hydroxylation sites is 1. The third-order valence-corrected chi connectivity index (χ3v) is 4.79. The van der Waals surface area contributed by atoms with Gasteiger partial charge in [0.2, 0.25) is 0 Å². The van der Waals surface area contributed by atoms with Crippen LogP contribution in [0.3, 0.4) is 0 Å². The van der Waals surface area contributed by atoms with Crippen molar-refractivity contribution in [3.8, 4) is 11.5 Å². The first-order valence-electron chi connectivity index (χ1n) is 10.4. The van der Waals surface area contributed by atoms with Gasteiger partial charge in [0.15, 0.2) is 11.5 Å². The Hall–Kier alpha value is -3.94. The average molecular weight is 454 g/mol. The SMILES string of the molecule is CCOc1cc(C(=O)Nc2ccccc2C(=O)NC(C)c2ccccc2)ccc1OC(F)F. The lowest BCUT2D eigenvalue weighted by Crippen LogP contribution is -2.28.